The van der Waals surface area contributed by atoms with Crippen LogP contribution in [0, 0.1) is 10.1 Å². The Morgan fingerprint density at radius 2 is 2.24 bits per heavy atom. The fourth-order valence-corrected chi connectivity index (χ4v) is 1.87. The van der Waals surface area contributed by atoms with Gasteiger partial charge in [0.05, 0.1) is 23.5 Å². The van der Waals surface area contributed by atoms with Crippen molar-refractivity contribution in [3.63, 3.8) is 0 Å². The van der Waals surface area contributed by atoms with Gasteiger partial charge in [-0.1, -0.05) is 18.5 Å². The Bertz CT molecular complexity index is 668. The number of hydrogen-bond acceptors (Lipinski definition) is 5. The fourth-order valence-electron chi connectivity index (χ4n) is 1.77. The first-order valence-electron chi connectivity index (χ1n) is 6.14. The molecule has 0 atom stereocenters. The lowest BCUT2D eigenvalue weighted by molar-refractivity contribution is -0.384. The minimum atomic E-state index is -0.537. The van der Waals surface area contributed by atoms with Crippen LogP contribution in [0.4, 0.5) is 11.5 Å². The Morgan fingerprint density at radius 1 is 1.48 bits per heavy atom. The Morgan fingerprint density at radius 3 is 2.81 bits per heavy atom. The number of halogens is 1. The molecule has 0 aromatic carbocycles. The summed E-state index contributed by atoms with van der Waals surface area (Å²) in [5, 5.41) is 13.5. The summed E-state index contributed by atoms with van der Waals surface area (Å²) in [4.78, 5) is 30.1. The van der Waals surface area contributed by atoms with Crippen LogP contribution in [0.5, 0.6) is 0 Å². The molecular formula is C12H12ClN5O3. The van der Waals surface area contributed by atoms with E-state index in [9.17, 15) is 14.9 Å². The van der Waals surface area contributed by atoms with E-state index in [1.165, 1.54) is 29.2 Å². The highest BCUT2D eigenvalue weighted by molar-refractivity contribution is 6.29. The molecule has 0 aliphatic carbocycles. The first kappa shape index (κ1) is 14.9. The fraction of sp³-hybridized carbons (Fsp3) is 0.250. The summed E-state index contributed by atoms with van der Waals surface area (Å²) >= 11 is 5.60. The van der Waals surface area contributed by atoms with Crippen LogP contribution in [-0.4, -0.2) is 25.4 Å². The van der Waals surface area contributed by atoms with Crippen molar-refractivity contribution in [2.24, 2.45) is 0 Å². The lowest BCUT2D eigenvalue weighted by atomic mass is 10.3. The summed E-state index contributed by atoms with van der Waals surface area (Å²) < 4.78 is 1.54. The zero-order valence-corrected chi connectivity index (χ0v) is 11.9. The maximum absolute atomic E-state index is 12.2. The predicted octanol–water partition coefficient (Wildman–Crippen LogP) is 2.50. The molecule has 0 radical (unpaired) electrons. The molecule has 110 valence electrons. The lowest BCUT2D eigenvalue weighted by Gasteiger charge is -2.07. The van der Waals surface area contributed by atoms with Crippen LogP contribution in [0.25, 0.3) is 0 Å². The van der Waals surface area contributed by atoms with E-state index < -0.39 is 10.8 Å². The lowest BCUT2D eigenvalue weighted by Crippen LogP contribution is -2.17. The number of nitro groups is 1. The second-order valence-electron chi connectivity index (χ2n) is 4.21. The van der Waals surface area contributed by atoms with Crippen LogP contribution in [0.3, 0.4) is 0 Å². The van der Waals surface area contributed by atoms with Crippen molar-refractivity contribution in [2.75, 3.05) is 5.32 Å². The SMILES string of the molecule is CCCn1cc([N+](=O)[O-])cc1C(=O)Nc1cnc(Cl)cn1. The van der Waals surface area contributed by atoms with Gasteiger partial charge < -0.3 is 9.88 Å². The Hall–Kier alpha value is -2.48. The molecule has 1 N–H and O–H groups in total. The monoisotopic (exact) mass is 309 g/mol. The van der Waals surface area contributed by atoms with E-state index in [0.29, 0.717) is 6.54 Å². The Kier molecular flexibility index (Phi) is 4.49. The Labute approximate surface area is 124 Å². The van der Waals surface area contributed by atoms with Crippen molar-refractivity contribution in [1.29, 1.82) is 0 Å². The largest absolute Gasteiger partial charge is 0.337 e. The minimum absolute atomic E-state index is 0.129. The summed E-state index contributed by atoms with van der Waals surface area (Å²) in [6.07, 6.45) is 4.69. The van der Waals surface area contributed by atoms with Crippen molar-refractivity contribution >= 4 is 29.0 Å². The van der Waals surface area contributed by atoms with E-state index in [0.717, 1.165) is 6.42 Å². The van der Waals surface area contributed by atoms with Gasteiger partial charge in [0.1, 0.15) is 10.8 Å². The van der Waals surface area contributed by atoms with Gasteiger partial charge in [0, 0.05) is 12.6 Å². The summed E-state index contributed by atoms with van der Waals surface area (Å²) in [5.74, 6) is -0.274. The van der Waals surface area contributed by atoms with Gasteiger partial charge in [0.15, 0.2) is 5.82 Å². The minimum Gasteiger partial charge on any atom is -0.337 e. The molecule has 0 spiro atoms. The molecule has 0 saturated carbocycles. The third-order valence-corrected chi connectivity index (χ3v) is 2.85. The molecule has 0 fully saturated rings. The van der Waals surface area contributed by atoms with Gasteiger partial charge in [-0.2, -0.15) is 0 Å². The van der Waals surface area contributed by atoms with Crippen molar-refractivity contribution in [3.8, 4) is 0 Å². The zero-order chi connectivity index (χ0) is 15.4. The number of hydrogen-bond donors (Lipinski definition) is 1. The molecule has 2 aromatic heterocycles. The number of nitrogens with zero attached hydrogens (tertiary/aromatic N) is 4. The second-order valence-corrected chi connectivity index (χ2v) is 4.60. The topological polar surface area (TPSA) is 103 Å². The van der Waals surface area contributed by atoms with Crippen molar-refractivity contribution in [3.05, 3.63) is 45.6 Å². The molecule has 0 unspecified atom stereocenters. The smallest absolute Gasteiger partial charge is 0.287 e. The Balaban J connectivity index is 2.25. The van der Waals surface area contributed by atoms with Crippen LogP contribution in [-0.2, 0) is 6.54 Å². The van der Waals surface area contributed by atoms with Gasteiger partial charge in [-0.15, -0.1) is 0 Å². The van der Waals surface area contributed by atoms with E-state index in [4.69, 9.17) is 11.6 Å². The van der Waals surface area contributed by atoms with Crippen LogP contribution >= 0.6 is 11.6 Å². The van der Waals surface area contributed by atoms with Gasteiger partial charge >= 0.3 is 0 Å². The van der Waals surface area contributed by atoms with E-state index >= 15 is 0 Å². The molecule has 1 amide bonds. The standard InChI is InChI=1S/C12H12ClN5O3/c1-2-3-17-7-8(18(20)21)4-9(17)12(19)16-11-6-14-10(13)5-15-11/h4-7H,2-3H2,1H3,(H,15,16,19). The number of aromatic nitrogens is 3. The summed E-state index contributed by atoms with van der Waals surface area (Å²) in [6.45, 7) is 2.42. The highest BCUT2D eigenvalue weighted by Crippen LogP contribution is 2.18. The molecule has 2 heterocycles. The number of carbonyl (C=O) groups excluding carboxylic acids is 1. The molecule has 8 nitrogen and oxygen atoms in total. The third-order valence-electron chi connectivity index (χ3n) is 2.65. The number of carbonyl (C=O) groups is 1. The van der Waals surface area contributed by atoms with Crippen molar-refractivity contribution in [2.45, 2.75) is 19.9 Å². The molecule has 2 aromatic rings. The summed E-state index contributed by atoms with van der Waals surface area (Å²) in [6, 6.07) is 1.23. The van der Waals surface area contributed by atoms with Gasteiger partial charge in [0.2, 0.25) is 0 Å². The van der Waals surface area contributed by atoms with Gasteiger partial charge in [-0.3, -0.25) is 14.9 Å². The third kappa shape index (κ3) is 3.54. The first-order valence-corrected chi connectivity index (χ1v) is 6.52. The maximum Gasteiger partial charge on any atom is 0.287 e. The summed E-state index contributed by atoms with van der Waals surface area (Å²) in [7, 11) is 0. The second kappa shape index (κ2) is 6.31. The molecule has 21 heavy (non-hydrogen) atoms. The molecule has 0 aliphatic heterocycles. The summed E-state index contributed by atoms with van der Waals surface area (Å²) in [5.41, 5.74) is 0.0658. The van der Waals surface area contributed by atoms with Crippen molar-refractivity contribution in [1.82, 2.24) is 14.5 Å². The predicted molar refractivity (Wildman–Crippen MR) is 76.4 cm³/mol. The van der Waals surface area contributed by atoms with E-state index in [1.54, 1.807) is 0 Å². The average molecular weight is 310 g/mol. The van der Waals surface area contributed by atoms with Crippen LogP contribution in [0.2, 0.25) is 5.15 Å². The molecule has 0 aliphatic rings. The molecule has 0 saturated heterocycles. The highest BCUT2D eigenvalue weighted by atomic mass is 35.5. The molecule has 2 rings (SSSR count). The van der Waals surface area contributed by atoms with E-state index in [1.807, 2.05) is 6.92 Å². The van der Waals surface area contributed by atoms with Crippen LogP contribution in [0.15, 0.2) is 24.7 Å². The molecule has 0 bridgehead atoms. The zero-order valence-electron chi connectivity index (χ0n) is 11.1. The van der Waals surface area contributed by atoms with Gasteiger partial charge in [0.25, 0.3) is 11.6 Å². The van der Waals surface area contributed by atoms with E-state index in [2.05, 4.69) is 15.3 Å². The molecular weight excluding hydrogens is 298 g/mol. The number of aryl methyl sites for hydroxylation is 1. The van der Waals surface area contributed by atoms with Crippen LogP contribution < -0.4 is 5.32 Å². The van der Waals surface area contributed by atoms with E-state index in [-0.39, 0.29) is 22.4 Å². The van der Waals surface area contributed by atoms with Crippen molar-refractivity contribution < 1.29 is 9.72 Å². The maximum atomic E-state index is 12.2. The first-order chi connectivity index (χ1) is 10.0. The number of anilines is 1. The quantitative estimate of drug-likeness (QED) is 0.675. The molecule has 9 heteroatoms. The highest BCUT2D eigenvalue weighted by Gasteiger charge is 2.19. The number of rotatable bonds is 5. The van der Waals surface area contributed by atoms with Gasteiger partial charge in [-0.05, 0) is 6.42 Å². The number of nitrogens with one attached hydrogen (secondary N) is 1. The normalized spacial score (nSPS) is 10.4. The van der Waals surface area contributed by atoms with Crippen LogP contribution in [0.1, 0.15) is 23.8 Å². The number of amides is 1. The van der Waals surface area contributed by atoms with Gasteiger partial charge in [-0.25, -0.2) is 9.97 Å². The average Bonchev–Trinajstić information content (AvgIpc) is 2.86.